The minimum Gasteiger partial charge on any atom is -0.467 e. The van der Waals surface area contributed by atoms with Crippen LogP contribution in [0.15, 0.2) is 41.1 Å². The van der Waals surface area contributed by atoms with E-state index in [1.807, 2.05) is 18.3 Å². The van der Waals surface area contributed by atoms with Gasteiger partial charge in [-0.15, -0.1) is 0 Å². The number of furan rings is 1. The standard InChI is InChI=1S/C17H22N2O3/c1-13-4-2-6-18-15(13)11-19-7-9-21-12-14(19)10-16(20)17-5-3-8-22-17/h2-6,8,14,16,20H,7,9-12H2,1H3. The maximum absolute atomic E-state index is 10.3. The lowest BCUT2D eigenvalue weighted by atomic mass is 10.0. The summed E-state index contributed by atoms with van der Waals surface area (Å²) in [6, 6.07) is 7.80. The summed E-state index contributed by atoms with van der Waals surface area (Å²) in [6.45, 7) is 5.06. The number of aliphatic hydroxyl groups excluding tert-OH is 1. The van der Waals surface area contributed by atoms with Crippen LogP contribution in [0.25, 0.3) is 0 Å². The van der Waals surface area contributed by atoms with Crippen molar-refractivity contribution in [3.8, 4) is 0 Å². The first-order valence-electron chi connectivity index (χ1n) is 7.68. The van der Waals surface area contributed by atoms with E-state index in [0.29, 0.717) is 18.8 Å². The first-order chi connectivity index (χ1) is 10.7. The molecule has 3 heterocycles. The van der Waals surface area contributed by atoms with E-state index in [9.17, 15) is 5.11 Å². The molecule has 2 atom stereocenters. The Balaban J connectivity index is 1.67. The number of aliphatic hydroxyl groups is 1. The lowest BCUT2D eigenvalue weighted by Crippen LogP contribution is -2.45. The van der Waals surface area contributed by atoms with E-state index in [2.05, 4.69) is 22.9 Å². The molecule has 0 bridgehead atoms. The maximum Gasteiger partial charge on any atom is 0.132 e. The van der Waals surface area contributed by atoms with E-state index in [0.717, 1.165) is 25.4 Å². The zero-order chi connectivity index (χ0) is 15.4. The van der Waals surface area contributed by atoms with Gasteiger partial charge in [0.1, 0.15) is 11.9 Å². The predicted molar refractivity (Wildman–Crippen MR) is 82.3 cm³/mol. The SMILES string of the molecule is Cc1cccnc1CN1CCOCC1CC(O)c1ccco1. The highest BCUT2D eigenvalue weighted by atomic mass is 16.5. The molecular formula is C17H22N2O3. The molecule has 1 aliphatic rings. The highest BCUT2D eigenvalue weighted by Gasteiger charge is 2.27. The van der Waals surface area contributed by atoms with Crippen LogP contribution in [0, 0.1) is 6.92 Å². The van der Waals surface area contributed by atoms with Crippen LogP contribution < -0.4 is 0 Å². The fourth-order valence-electron chi connectivity index (χ4n) is 2.85. The Morgan fingerprint density at radius 3 is 3.09 bits per heavy atom. The molecule has 0 aliphatic carbocycles. The van der Waals surface area contributed by atoms with Gasteiger partial charge in [0.25, 0.3) is 0 Å². The smallest absolute Gasteiger partial charge is 0.132 e. The van der Waals surface area contributed by atoms with Crippen molar-refractivity contribution in [1.29, 1.82) is 0 Å². The number of hydrogen-bond donors (Lipinski definition) is 1. The van der Waals surface area contributed by atoms with Crippen LogP contribution in [0.2, 0.25) is 0 Å². The second-order valence-corrected chi connectivity index (χ2v) is 5.73. The van der Waals surface area contributed by atoms with Crippen LogP contribution >= 0.6 is 0 Å². The normalized spacial score (nSPS) is 20.9. The molecule has 118 valence electrons. The Morgan fingerprint density at radius 2 is 2.32 bits per heavy atom. The monoisotopic (exact) mass is 302 g/mol. The molecule has 0 radical (unpaired) electrons. The Kier molecular flexibility index (Phi) is 4.87. The lowest BCUT2D eigenvalue weighted by molar-refractivity contribution is -0.0328. The molecule has 2 aromatic heterocycles. The van der Waals surface area contributed by atoms with Gasteiger partial charge >= 0.3 is 0 Å². The zero-order valence-corrected chi connectivity index (χ0v) is 12.8. The van der Waals surface area contributed by atoms with Gasteiger partial charge in [0.2, 0.25) is 0 Å². The molecule has 5 nitrogen and oxygen atoms in total. The Hall–Kier alpha value is -1.69. The third-order valence-electron chi connectivity index (χ3n) is 4.19. The molecule has 2 aromatic rings. The van der Waals surface area contributed by atoms with E-state index < -0.39 is 6.10 Å². The summed E-state index contributed by atoms with van der Waals surface area (Å²) in [4.78, 5) is 6.81. The van der Waals surface area contributed by atoms with Gasteiger partial charge in [0, 0.05) is 25.3 Å². The molecule has 2 unspecified atom stereocenters. The molecule has 1 N–H and O–H groups in total. The Labute approximate surface area is 130 Å². The summed E-state index contributed by atoms with van der Waals surface area (Å²) < 4.78 is 10.9. The van der Waals surface area contributed by atoms with Crippen LogP contribution in [0.1, 0.15) is 29.5 Å². The number of morpholine rings is 1. The zero-order valence-electron chi connectivity index (χ0n) is 12.8. The van der Waals surface area contributed by atoms with E-state index in [4.69, 9.17) is 9.15 Å². The van der Waals surface area contributed by atoms with Gasteiger partial charge in [-0.2, -0.15) is 0 Å². The van der Waals surface area contributed by atoms with E-state index in [1.54, 1.807) is 12.3 Å². The summed E-state index contributed by atoms with van der Waals surface area (Å²) in [5.41, 5.74) is 2.28. The van der Waals surface area contributed by atoms with Crippen molar-refractivity contribution >= 4 is 0 Å². The number of hydrogen-bond acceptors (Lipinski definition) is 5. The van der Waals surface area contributed by atoms with Crippen molar-refractivity contribution in [2.24, 2.45) is 0 Å². The summed E-state index contributed by atoms with van der Waals surface area (Å²) in [5.74, 6) is 0.611. The van der Waals surface area contributed by atoms with Crippen molar-refractivity contribution < 1.29 is 14.3 Å². The quantitative estimate of drug-likeness (QED) is 0.918. The molecule has 1 saturated heterocycles. The van der Waals surface area contributed by atoms with Crippen molar-refractivity contribution in [3.63, 3.8) is 0 Å². The van der Waals surface area contributed by atoms with Gasteiger partial charge in [-0.1, -0.05) is 6.07 Å². The van der Waals surface area contributed by atoms with Gasteiger partial charge in [0.15, 0.2) is 0 Å². The van der Waals surface area contributed by atoms with Crippen LogP contribution in [-0.4, -0.2) is 40.8 Å². The van der Waals surface area contributed by atoms with Crippen molar-refractivity contribution in [2.75, 3.05) is 19.8 Å². The number of aryl methyl sites for hydroxylation is 1. The van der Waals surface area contributed by atoms with E-state index in [1.165, 1.54) is 5.56 Å². The van der Waals surface area contributed by atoms with Crippen LogP contribution in [0.3, 0.4) is 0 Å². The van der Waals surface area contributed by atoms with Crippen LogP contribution in [0.5, 0.6) is 0 Å². The summed E-state index contributed by atoms with van der Waals surface area (Å²) in [7, 11) is 0. The second-order valence-electron chi connectivity index (χ2n) is 5.73. The molecular weight excluding hydrogens is 280 g/mol. The number of ether oxygens (including phenoxy) is 1. The van der Waals surface area contributed by atoms with Gasteiger partial charge in [0.05, 0.1) is 25.2 Å². The summed E-state index contributed by atoms with van der Waals surface area (Å²) in [6.07, 6.45) is 3.41. The first kappa shape index (κ1) is 15.2. The summed E-state index contributed by atoms with van der Waals surface area (Å²) >= 11 is 0. The Morgan fingerprint density at radius 1 is 1.41 bits per heavy atom. The topological polar surface area (TPSA) is 58.7 Å². The predicted octanol–water partition coefficient (Wildman–Crippen LogP) is 2.31. The van der Waals surface area contributed by atoms with Gasteiger partial charge in [-0.25, -0.2) is 0 Å². The molecule has 0 aromatic carbocycles. The highest BCUT2D eigenvalue weighted by Crippen LogP contribution is 2.24. The minimum atomic E-state index is -0.603. The second kappa shape index (κ2) is 7.05. The maximum atomic E-state index is 10.3. The fourth-order valence-corrected chi connectivity index (χ4v) is 2.85. The molecule has 1 fully saturated rings. The van der Waals surface area contributed by atoms with Gasteiger partial charge in [-0.05, 0) is 37.1 Å². The highest BCUT2D eigenvalue weighted by molar-refractivity contribution is 5.17. The molecule has 0 spiro atoms. The van der Waals surface area contributed by atoms with Crippen LogP contribution in [-0.2, 0) is 11.3 Å². The van der Waals surface area contributed by atoms with E-state index >= 15 is 0 Å². The molecule has 22 heavy (non-hydrogen) atoms. The minimum absolute atomic E-state index is 0.162. The molecule has 0 saturated carbocycles. The number of rotatable bonds is 5. The van der Waals surface area contributed by atoms with Crippen molar-refractivity contribution in [3.05, 3.63) is 53.7 Å². The lowest BCUT2D eigenvalue weighted by Gasteiger charge is -2.36. The van der Waals surface area contributed by atoms with Gasteiger partial charge in [-0.3, -0.25) is 9.88 Å². The number of nitrogens with zero attached hydrogens (tertiary/aromatic N) is 2. The average molecular weight is 302 g/mol. The molecule has 3 rings (SSSR count). The van der Waals surface area contributed by atoms with E-state index in [-0.39, 0.29) is 6.04 Å². The first-order valence-corrected chi connectivity index (χ1v) is 7.68. The van der Waals surface area contributed by atoms with Crippen LogP contribution in [0.4, 0.5) is 0 Å². The number of pyridine rings is 1. The fraction of sp³-hybridized carbons (Fsp3) is 0.471. The molecule has 5 heteroatoms. The summed E-state index contributed by atoms with van der Waals surface area (Å²) in [5, 5.41) is 10.3. The number of aromatic nitrogens is 1. The third kappa shape index (κ3) is 3.55. The molecule has 0 amide bonds. The molecule has 1 aliphatic heterocycles. The Bertz CT molecular complexity index is 585. The largest absolute Gasteiger partial charge is 0.467 e. The average Bonchev–Trinajstić information content (AvgIpc) is 3.06. The van der Waals surface area contributed by atoms with Crippen molar-refractivity contribution in [1.82, 2.24) is 9.88 Å². The van der Waals surface area contributed by atoms with Crippen molar-refractivity contribution in [2.45, 2.75) is 32.0 Å². The third-order valence-corrected chi connectivity index (χ3v) is 4.19. The van der Waals surface area contributed by atoms with Gasteiger partial charge < -0.3 is 14.3 Å².